The van der Waals surface area contributed by atoms with E-state index in [0.29, 0.717) is 13.0 Å². The van der Waals surface area contributed by atoms with Gasteiger partial charge in [0, 0.05) is 31.6 Å². The molecule has 16 heavy (non-hydrogen) atoms. The minimum Gasteiger partial charge on any atom is -0.313 e. The van der Waals surface area contributed by atoms with Crippen LogP contribution < -0.4 is 5.32 Å². The van der Waals surface area contributed by atoms with Crippen LogP contribution >= 0.6 is 0 Å². The van der Waals surface area contributed by atoms with E-state index in [-0.39, 0.29) is 5.75 Å². The van der Waals surface area contributed by atoms with E-state index in [2.05, 4.69) is 10.4 Å². The third kappa shape index (κ3) is 4.76. The summed E-state index contributed by atoms with van der Waals surface area (Å²) in [6, 6.07) is 0. The molecule has 0 aliphatic carbocycles. The van der Waals surface area contributed by atoms with Crippen molar-refractivity contribution in [2.75, 3.05) is 18.6 Å². The number of sulfone groups is 1. The van der Waals surface area contributed by atoms with Crippen LogP contribution in [0.2, 0.25) is 0 Å². The maximum absolute atomic E-state index is 10.9. The molecule has 5 nitrogen and oxygen atoms in total. The largest absolute Gasteiger partial charge is 0.313 e. The molecule has 0 spiro atoms. The molecule has 1 heterocycles. The second-order valence-electron chi connectivity index (χ2n) is 4.07. The summed E-state index contributed by atoms with van der Waals surface area (Å²) in [5, 5.41) is 7.44. The number of aromatic nitrogens is 2. The summed E-state index contributed by atoms with van der Waals surface area (Å²) in [5.41, 5.74) is 2.17. The zero-order valence-corrected chi connectivity index (χ0v) is 10.8. The quantitative estimate of drug-likeness (QED) is 0.730. The van der Waals surface area contributed by atoms with Crippen LogP contribution in [0.1, 0.15) is 17.7 Å². The van der Waals surface area contributed by atoms with Crippen molar-refractivity contribution in [2.45, 2.75) is 19.9 Å². The van der Waals surface area contributed by atoms with Gasteiger partial charge in [0.05, 0.1) is 11.4 Å². The van der Waals surface area contributed by atoms with Gasteiger partial charge in [-0.05, 0) is 19.9 Å². The molecule has 92 valence electrons. The average Bonchev–Trinajstić information content (AvgIpc) is 2.42. The predicted octanol–water partition coefficient (Wildman–Crippen LogP) is 0.253. The number of rotatable bonds is 6. The van der Waals surface area contributed by atoms with Crippen molar-refractivity contribution in [2.24, 2.45) is 7.05 Å². The standard InChI is InChI=1S/C10H19N3O2S/c1-9-10(8-13(2)12-9)7-11-5-4-6-16(3,14)15/h8,11H,4-7H2,1-3H3. The second-order valence-corrected chi connectivity index (χ2v) is 6.33. The van der Waals surface area contributed by atoms with Gasteiger partial charge in [-0.3, -0.25) is 4.68 Å². The number of nitrogens with zero attached hydrogens (tertiary/aromatic N) is 2. The molecule has 1 rings (SSSR count). The molecule has 1 N–H and O–H groups in total. The molecule has 0 unspecified atom stereocenters. The monoisotopic (exact) mass is 245 g/mol. The molecule has 0 bridgehead atoms. The van der Waals surface area contributed by atoms with Crippen molar-refractivity contribution in [3.63, 3.8) is 0 Å². The number of hydrogen-bond donors (Lipinski definition) is 1. The third-order valence-electron chi connectivity index (χ3n) is 2.30. The van der Waals surface area contributed by atoms with E-state index in [1.54, 1.807) is 4.68 Å². The van der Waals surface area contributed by atoms with Crippen LogP contribution in [0.3, 0.4) is 0 Å². The molecule has 0 radical (unpaired) electrons. The van der Waals surface area contributed by atoms with E-state index in [0.717, 1.165) is 17.8 Å². The van der Waals surface area contributed by atoms with E-state index in [1.165, 1.54) is 6.26 Å². The van der Waals surface area contributed by atoms with Gasteiger partial charge in [-0.1, -0.05) is 0 Å². The van der Waals surface area contributed by atoms with Crippen molar-refractivity contribution in [1.82, 2.24) is 15.1 Å². The van der Waals surface area contributed by atoms with E-state index in [1.807, 2.05) is 20.2 Å². The second kappa shape index (κ2) is 5.45. The van der Waals surface area contributed by atoms with Gasteiger partial charge in [-0.25, -0.2) is 8.42 Å². The van der Waals surface area contributed by atoms with Crippen LogP contribution in [0.5, 0.6) is 0 Å². The Hall–Kier alpha value is -0.880. The Morgan fingerprint density at radius 1 is 1.50 bits per heavy atom. The van der Waals surface area contributed by atoms with Crippen molar-refractivity contribution < 1.29 is 8.42 Å². The highest BCUT2D eigenvalue weighted by atomic mass is 32.2. The normalized spacial score (nSPS) is 11.9. The maximum atomic E-state index is 10.9. The Balaban J connectivity index is 2.24. The van der Waals surface area contributed by atoms with Gasteiger partial charge in [0.2, 0.25) is 0 Å². The molecule has 0 aromatic carbocycles. The molecule has 0 atom stereocenters. The predicted molar refractivity (Wildman–Crippen MR) is 64.0 cm³/mol. The van der Waals surface area contributed by atoms with Gasteiger partial charge in [0.1, 0.15) is 9.84 Å². The zero-order valence-electron chi connectivity index (χ0n) is 10.0. The molecule has 0 amide bonds. The fraction of sp³-hybridized carbons (Fsp3) is 0.700. The minimum absolute atomic E-state index is 0.242. The molecule has 0 aliphatic rings. The maximum Gasteiger partial charge on any atom is 0.147 e. The van der Waals surface area contributed by atoms with Crippen molar-refractivity contribution in [1.29, 1.82) is 0 Å². The van der Waals surface area contributed by atoms with E-state index < -0.39 is 9.84 Å². The fourth-order valence-electron chi connectivity index (χ4n) is 1.50. The molecule has 1 aromatic heterocycles. The molecule has 0 saturated carbocycles. The Kier molecular flexibility index (Phi) is 4.49. The van der Waals surface area contributed by atoms with Gasteiger partial charge >= 0.3 is 0 Å². The Labute approximate surface area is 96.8 Å². The van der Waals surface area contributed by atoms with Gasteiger partial charge in [-0.15, -0.1) is 0 Å². The molecule has 6 heteroatoms. The molecule has 0 fully saturated rings. The van der Waals surface area contributed by atoms with Crippen LogP contribution in [0.4, 0.5) is 0 Å². The molecule has 0 aliphatic heterocycles. The summed E-state index contributed by atoms with van der Waals surface area (Å²) in [7, 11) is -0.941. The molecule has 1 aromatic rings. The molecular formula is C10H19N3O2S. The first-order valence-electron chi connectivity index (χ1n) is 5.26. The van der Waals surface area contributed by atoms with E-state index in [4.69, 9.17) is 0 Å². The first kappa shape index (κ1) is 13.2. The number of aryl methyl sites for hydroxylation is 2. The molecular weight excluding hydrogens is 226 g/mol. The third-order valence-corrected chi connectivity index (χ3v) is 3.33. The lowest BCUT2D eigenvalue weighted by Gasteiger charge is -2.02. The highest BCUT2D eigenvalue weighted by Gasteiger charge is 2.03. The average molecular weight is 245 g/mol. The van der Waals surface area contributed by atoms with Gasteiger partial charge < -0.3 is 5.32 Å². The highest BCUT2D eigenvalue weighted by molar-refractivity contribution is 7.90. The number of nitrogens with one attached hydrogen (secondary N) is 1. The van der Waals surface area contributed by atoms with Crippen LogP contribution in [0.15, 0.2) is 6.20 Å². The van der Waals surface area contributed by atoms with Crippen LogP contribution in [-0.4, -0.2) is 36.8 Å². The Bertz CT molecular complexity index is 437. The lowest BCUT2D eigenvalue weighted by Crippen LogP contribution is -2.18. The van der Waals surface area contributed by atoms with Crippen LogP contribution in [0, 0.1) is 6.92 Å². The summed E-state index contributed by atoms with van der Waals surface area (Å²) in [6.07, 6.45) is 3.88. The first-order chi connectivity index (χ1) is 7.38. The SMILES string of the molecule is Cc1nn(C)cc1CNCCCS(C)(=O)=O. The topological polar surface area (TPSA) is 64.0 Å². The lowest BCUT2D eigenvalue weighted by atomic mass is 10.2. The first-order valence-corrected chi connectivity index (χ1v) is 7.32. The van der Waals surface area contributed by atoms with E-state index in [9.17, 15) is 8.42 Å². The summed E-state index contributed by atoms with van der Waals surface area (Å²) in [4.78, 5) is 0. The van der Waals surface area contributed by atoms with Crippen molar-refractivity contribution >= 4 is 9.84 Å². The van der Waals surface area contributed by atoms with Gasteiger partial charge in [0.15, 0.2) is 0 Å². The smallest absolute Gasteiger partial charge is 0.147 e. The lowest BCUT2D eigenvalue weighted by molar-refractivity contribution is 0.594. The van der Waals surface area contributed by atoms with Crippen LogP contribution in [0.25, 0.3) is 0 Å². The zero-order chi connectivity index (χ0) is 12.2. The van der Waals surface area contributed by atoms with Crippen LogP contribution in [-0.2, 0) is 23.4 Å². The van der Waals surface area contributed by atoms with Gasteiger partial charge in [-0.2, -0.15) is 5.10 Å². The van der Waals surface area contributed by atoms with Crippen molar-refractivity contribution in [3.05, 3.63) is 17.5 Å². The summed E-state index contributed by atoms with van der Waals surface area (Å²) < 4.78 is 23.5. The number of hydrogen-bond acceptors (Lipinski definition) is 4. The van der Waals surface area contributed by atoms with Crippen molar-refractivity contribution in [3.8, 4) is 0 Å². The Morgan fingerprint density at radius 3 is 2.69 bits per heavy atom. The van der Waals surface area contributed by atoms with Gasteiger partial charge in [0.25, 0.3) is 0 Å². The fourth-order valence-corrected chi connectivity index (χ4v) is 2.17. The summed E-state index contributed by atoms with van der Waals surface area (Å²) >= 11 is 0. The highest BCUT2D eigenvalue weighted by Crippen LogP contribution is 2.03. The molecule has 0 saturated heterocycles. The Morgan fingerprint density at radius 2 is 2.19 bits per heavy atom. The minimum atomic E-state index is -2.83. The van der Waals surface area contributed by atoms with E-state index >= 15 is 0 Å². The summed E-state index contributed by atoms with van der Waals surface area (Å²) in [5.74, 6) is 0.242. The summed E-state index contributed by atoms with van der Waals surface area (Å²) in [6.45, 7) is 3.42.